The molecule has 0 aliphatic carbocycles. The van der Waals surface area contributed by atoms with Crippen molar-refractivity contribution >= 4 is 23.4 Å². The van der Waals surface area contributed by atoms with E-state index in [1.54, 1.807) is 12.1 Å². The number of fused-ring (bicyclic) bond motifs is 1. The Balaban J connectivity index is 1.99. The van der Waals surface area contributed by atoms with Crippen LogP contribution in [0.1, 0.15) is 26.4 Å². The number of carbonyl (C=O) groups excluding carboxylic acids is 2. The zero-order valence-corrected chi connectivity index (χ0v) is 18.2. The molecule has 0 saturated heterocycles. The molecule has 0 spiro atoms. The normalized spacial score (nSPS) is 14.8. The van der Waals surface area contributed by atoms with E-state index in [2.05, 4.69) is 10.6 Å². The Labute approximate surface area is 187 Å². The summed E-state index contributed by atoms with van der Waals surface area (Å²) in [7, 11) is 3.14. The van der Waals surface area contributed by atoms with Crippen molar-refractivity contribution in [1.29, 1.82) is 0 Å². The summed E-state index contributed by atoms with van der Waals surface area (Å²) in [6.07, 6.45) is 1.12. The highest BCUT2D eigenvalue weighted by Gasteiger charge is 2.28. The fourth-order valence-corrected chi connectivity index (χ4v) is 3.39. The minimum atomic E-state index is -1.08. The third-order valence-corrected chi connectivity index (χ3v) is 5.42. The van der Waals surface area contributed by atoms with Crippen molar-refractivity contribution in [2.45, 2.75) is 6.54 Å². The molecular formula is C20H22ClF2N5O4. The first-order chi connectivity index (χ1) is 15.1. The number of nitrogens with one attached hydrogen (secondary N) is 2. The molecule has 1 aliphatic heterocycles. The van der Waals surface area contributed by atoms with E-state index in [1.807, 2.05) is 0 Å². The number of pyridine rings is 1. The van der Waals surface area contributed by atoms with E-state index in [9.17, 15) is 28.3 Å². The van der Waals surface area contributed by atoms with Gasteiger partial charge in [-0.05, 0) is 12.1 Å². The van der Waals surface area contributed by atoms with Gasteiger partial charge in [-0.15, -0.1) is 0 Å². The van der Waals surface area contributed by atoms with E-state index in [1.165, 1.54) is 16.6 Å². The summed E-state index contributed by atoms with van der Waals surface area (Å²) in [5, 5.41) is 17.2. The van der Waals surface area contributed by atoms with Crippen molar-refractivity contribution in [3.63, 3.8) is 0 Å². The molecule has 0 radical (unpaired) electrons. The summed E-state index contributed by atoms with van der Waals surface area (Å²) >= 11 is 5.65. The second-order valence-electron chi connectivity index (χ2n) is 7.28. The van der Waals surface area contributed by atoms with Crippen molar-refractivity contribution in [2.24, 2.45) is 0 Å². The van der Waals surface area contributed by atoms with Gasteiger partial charge >= 0.3 is 0 Å². The van der Waals surface area contributed by atoms with Gasteiger partial charge in [0.05, 0.1) is 5.02 Å². The van der Waals surface area contributed by atoms with E-state index >= 15 is 0 Å². The molecule has 1 aliphatic rings. The van der Waals surface area contributed by atoms with Gasteiger partial charge in [0.1, 0.15) is 17.2 Å². The summed E-state index contributed by atoms with van der Waals surface area (Å²) < 4.78 is 29.2. The summed E-state index contributed by atoms with van der Waals surface area (Å²) in [5.41, 5.74) is -2.34. The van der Waals surface area contributed by atoms with Gasteiger partial charge in [-0.3, -0.25) is 19.1 Å². The lowest BCUT2D eigenvalue weighted by Crippen LogP contribution is -2.46. The molecule has 0 atom stereocenters. The highest BCUT2D eigenvalue weighted by atomic mass is 35.5. The summed E-state index contributed by atoms with van der Waals surface area (Å²) in [4.78, 5) is 39.5. The molecule has 172 valence electrons. The minimum Gasteiger partial charge on any atom is -0.502 e. The molecule has 3 rings (SSSR count). The Morgan fingerprint density at radius 3 is 2.62 bits per heavy atom. The maximum atomic E-state index is 14.1. The van der Waals surface area contributed by atoms with Gasteiger partial charge in [0.25, 0.3) is 11.8 Å². The van der Waals surface area contributed by atoms with E-state index in [0.29, 0.717) is 26.2 Å². The van der Waals surface area contributed by atoms with Crippen LogP contribution in [-0.4, -0.2) is 66.8 Å². The summed E-state index contributed by atoms with van der Waals surface area (Å²) in [6.45, 7) is 1.22. The van der Waals surface area contributed by atoms with Crippen LogP contribution >= 0.6 is 11.6 Å². The number of aromatic hydroxyl groups is 1. The number of hydrogen-bond acceptors (Lipinski definition) is 6. The molecule has 1 aromatic heterocycles. The van der Waals surface area contributed by atoms with E-state index < -0.39 is 52.3 Å². The third-order valence-electron chi connectivity index (χ3n) is 5.13. The lowest BCUT2D eigenvalue weighted by molar-refractivity contribution is 0.0776. The van der Waals surface area contributed by atoms with Gasteiger partial charge in [0.2, 0.25) is 5.43 Å². The van der Waals surface area contributed by atoms with Crippen LogP contribution < -0.4 is 21.1 Å². The van der Waals surface area contributed by atoms with Crippen LogP contribution in [0.3, 0.4) is 0 Å². The lowest BCUT2D eigenvalue weighted by atomic mass is 10.1. The number of aromatic nitrogens is 1. The van der Waals surface area contributed by atoms with Crippen molar-refractivity contribution in [1.82, 2.24) is 20.2 Å². The highest BCUT2D eigenvalue weighted by Crippen LogP contribution is 2.21. The van der Waals surface area contributed by atoms with Crippen molar-refractivity contribution < 1.29 is 23.5 Å². The second-order valence-corrected chi connectivity index (χ2v) is 7.68. The lowest BCUT2D eigenvalue weighted by Gasteiger charge is -2.30. The van der Waals surface area contributed by atoms with E-state index in [4.69, 9.17) is 11.6 Å². The topological polar surface area (TPSA) is 107 Å². The fraction of sp³-hybridized carbons (Fsp3) is 0.350. The predicted molar refractivity (Wildman–Crippen MR) is 114 cm³/mol. The van der Waals surface area contributed by atoms with Crippen LogP contribution in [-0.2, 0) is 6.54 Å². The van der Waals surface area contributed by atoms with Crippen LogP contribution in [0.4, 0.5) is 8.78 Å². The molecule has 0 saturated carbocycles. The van der Waals surface area contributed by atoms with Crippen LogP contribution in [0.2, 0.25) is 5.02 Å². The Morgan fingerprint density at radius 1 is 1.22 bits per heavy atom. The SMILES string of the molecule is CN1CCNCCN(C)n2cc(C(=O)NCc3c(F)ccc(Cl)c3F)c(=O)c(O)c2C1=O. The number of carbonyl (C=O) groups is 2. The summed E-state index contributed by atoms with van der Waals surface area (Å²) in [6, 6.07) is 2.00. The molecule has 9 nitrogen and oxygen atoms in total. The number of benzene rings is 1. The Morgan fingerprint density at radius 2 is 1.91 bits per heavy atom. The first-order valence-electron chi connectivity index (χ1n) is 9.70. The maximum absolute atomic E-state index is 14.1. The standard InChI is InChI=1S/C20H22ClF2N5O4/c1-26-7-5-24-6-8-27(2)28-10-12(17(29)18(30)16(28)20(26)32)19(31)25-9-11-14(22)4-3-13(21)15(11)23/h3-4,10,24,30H,5-9H2,1-2H3,(H,25,31). The van der Waals surface area contributed by atoms with E-state index in [0.717, 1.165) is 18.3 Å². The van der Waals surface area contributed by atoms with Crippen molar-refractivity contribution in [3.8, 4) is 5.75 Å². The first-order valence-corrected chi connectivity index (χ1v) is 10.1. The monoisotopic (exact) mass is 469 g/mol. The molecule has 2 amide bonds. The molecule has 3 N–H and O–H groups in total. The Bertz CT molecular complexity index is 1120. The molecule has 0 bridgehead atoms. The zero-order valence-electron chi connectivity index (χ0n) is 17.4. The van der Waals surface area contributed by atoms with Crippen molar-refractivity contribution in [3.05, 3.63) is 62.0 Å². The predicted octanol–water partition coefficient (Wildman–Crippen LogP) is 0.659. The largest absolute Gasteiger partial charge is 0.502 e. The number of hydrogen-bond donors (Lipinski definition) is 3. The highest BCUT2D eigenvalue weighted by molar-refractivity contribution is 6.30. The van der Waals surface area contributed by atoms with Crippen LogP contribution in [0, 0.1) is 11.6 Å². The second kappa shape index (κ2) is 9.53. The molecule has 0 fully saturated rings. The molecule has 1 aromatic carbocycles. The summed E-state index contributed by atoms with van der Waals surface area (Å²) in [5.74, 6) is -4.43. The van der Waals surface area contributed by atoms with Gasteiger partial charge < -0.3 is 25.6 Å². The molecule has 2 aromatic rings. The van der Waals surface area contributed by atoms with Crippen molar-refractivity contribution in [2.75, 3.05) is 45.3 Å². The van der Waals surface area contributed by atoms with Gasteiger partial charge in [-0.2, -0.15) is 0 Å². The Hall–Kier alpha value is -3.18. The Kier molecular flexibility index (Phi) is 6.99. The van der Waals surface area contributed by atoms with Gasteiger partial charge in [0, 0.05) is 58.6 Å². The number of amides is 2. The van der Waals surface area contributed by atoms with Gasteiger partial charge in [0.15, 0.2) is 11.4 Å². The van der Waals surface area contributed by atoms with Crippen LogP contribution in [0.15, 0.2) is 23.1 Å². The molecular weight excluding hydrogens is 448 g/mol. The zero-order chi connectivity index (χ0) is 23.6. The van der Waals surface area contributed by atoms with Gasteiger partial charge in [-0.1, -0.05) is 11.6 Å². The average molecular weight is 470 g/mol. The fourth-order valence-electron chi connectivity index (χ4n) is 3.22. The van der Waals surface area contributed by atoms with Crippen LogP contribution in [0.5, 0.6) is 5.75 Å². The first kappa shape index (κ1) is 23.5. The maximum Gasteiger partial charge on any atom is 0.276 e. The average Bonchev–Trinajstić information content (AvgIpc) is 2.76. The minimum absolute atomic E-state index is 0.287. The molecule has 32 heavy (non-hydrogen) atoms. The smallest absolute Gasteiger partial charge is 0.276 e. The van der Waals surface area contributed by atoms with E-state index in [-0.39, 0.29) is 10.7 Å². The number of rotatable bonds is 3. The third kappa shape index (κ3) is 4.53. The van der Waals surface area contributed by atoms with Crippen LogP contribution in [0.25, 0.3) is 0 Å². The number of nitrogens with zero attached hydrogens (tertiary/aromatic N) is 3. The molecule has 2 heterocycles. The van der Waals surface area contributed by atoms with Gasteiger partial charge in [-0.25, -0.2) is 8.78 Å². The molecule has 0 unspecified atom stereocenters. The number of likely N-dealkylation sites (N-methyl/N-ethyl adjacent to an activating group) is 2. The number of halogens is 3. The quantitative estimate of drug-likeness (QED) is 0.570. The molecule has 12 heteroatoms.